The topological polar surface area (TPSA) is 40.5 Å². The molecule has 0 aliphatic carbocycles. The molecule has 0 aliphatic rings. The number of hydrogen-bond donors (Lipinski definition) is 1. The molecule has 2 aromatic rings. The highest BCUT2D eigenvalue weighted by Crippen LogP contribution is 2.14. The van der Waals surface area contributed by atoms with E-state index in [9.17, 15) is 4.79 Å². The Labute approximate surface area is 117 Å². The smallest absolute Gasteiger partial charge is 0.335 e. The van der Waals surface area contributed by atoms with Crippen LogP contribution in [0.1, 0.15) is 27.7 Å². The van der Waals surface area contributed by atoms with Crippen LogP contribution in [0.2, 0.25) is 0 Å². The van der Waals surface area contributed by atoms with Crippen LogP contribution in [0.3, 0.4) is 0 Å². The summed E-state index contributed by atoms with van der Waals surface area (Å²) in [5.74, 6) is -0.877. The number of thiophene rings is 1. The number of rotatable bonds is 6. The first-order chi connectivity index (χ1) is 9.19. The van der Waals surface area contributed by atoms with Crippen molar-refractivity contribution < 1.29 is 9.90 Å². The number of aromatic carboxylic acids is 1. The maximum Gasteiger partial charge on any atom is 0.335 e. The van der Waals surface area contributed by atoms with E-state index in [0.29, 0.717) is 5.56 Å². The molecular weight excluding hydrogens is 258 g/mol. The lowest BCUT2D eigenvalue weighted by Crippen LogP contribution is -2.21. The quantitative estimate of drug-likeness (QED) is 0.877. The molecule has 0 saturated heterocycles. The second kappa shape index (κ2) is 6.50. The predicted octanol–water partition coefficient (Wildman–Crippen LogP) is 3.47. The average molecular weight is 275 g/mol. The third kappa shape index (κ3) is 3.91. The van der Waals surface area contributed by atoms with Gasteiger partial charge >= 0.3 is 5.97 Å². The van der Waals surface area contributed by atoms with Gasteiger partial charge in [0.15, 0.2) is 0 Å². The van der Waals surface area contributed by atoms with Crippen molar-refractivity contribution in [3.05, 3.63) is 57.8 Å². The molecule has 0 spiro atoms. The molecule has 2 rings (SSSR count). The summed E-state index contributed by atoms with van der Waals surface area (Å²) in [7, 11) is 0. The van der Waals surface area contributed by atoms with Gasteiger partial charge in [-0.1, -0.05) is 25.1 Å². The summed E-state index contributed by atoms with van der Waals surface area (Å²) >= 11 is 1.76. The summed E-state index contributed by atoms with van der Waals surface area (Å²) in [5, 5.41) is 11.0. The minimum atomic E-state index is -0.877. The van der Waals surface area contributed by atoms with Gasteiger partial charge in [0.1, 0.15) is 0 Å². The summed E-state index contributed by atoms with van der Waals surface area (Å²) in [6.45, 7) is 4.89. The molecule has 100 valence electrons. The molecule has 1 aromatic carbocycles. The highest BCUT2D eigenvalue weighted by atomic mass is 32.1. The number of carboxylic acid groups (broad SMARTS) is 1. The molecule has 1 heterocycles. The normalized spacial score (nSPS) is 10.8. The van der Waals surface area contributed by atoms with Crippen LogP contribution in [-0.4, -0.2) is 22.5 Å². The lowest BCUT2D eigenvalue weighted by Gasteiger charge is -2.19. The van der Waals surface area contributed by atoms with Gasteiger partial charge in [-0.15, -0.1) is 11.3 Å². The highest BCUT2D eigenvalue weighted by molar-refractivity contribution is 7.09. The van der Waals surface area contributed by atoms with Gasteiger partial charge in [0.25, 0.3) is 0 Å². The van der Waals surface area contributed by atoms with Gasteiger partial charge in [-0.05, 0) is 35.7 Å². The number of nitrogens with zero attached hydrogens (tertiary/aromatic N) is 1. The highest BCUT2D eigenvalue weighted by Gasteiger charge is 2.07. The minimum Gasteiger partial charge on any atom is -0.478 e. The van der Waals surface area contributed by atoms with Gasteiger partial charge in [0, 0.05) is 18.0 Å². The Morgan fingerprint density at radius 1 is 1.21 bits per heavy atom. The van der Waals surface area contributed by atoms with E-state index in [4.69, 9.17) is 5.11 Å². The van der Waals surface area contributed by atoms with E-state index < -0.39 is 5.97 Å². The van der Waals surface area contributed by atoms with Crippen molar-refractivity contribution in [2.75, 3.05) is 6.54 Å². The van der Waals surface area contributed by atoms with Crippen molar-refractivity contribution in [2.45, 2.75) is 20.0 Å². The fraction of sp³-hybridized carbons (Fsp3) is 0.267. The maximum absolute atomic E-state index is 10.8. The second-order valence-corrected chi connectivity index (χ2v) is 5.42. The molecule has 0 aliphatic heterocycles. The Kier molecular flexibility index (Phi) is 4.71. The van der Waals surface area contributed by atoms with Crippen molar-refractivity contribution >= 4 is 17.3 Å². The molecule has 0 saturated carbocycles. The fourth-order valence-electron chi connectivity index (χ4n) is 1.91. The van der Waals surface area contributed by atoms with Crippen LogP contribution < -0.4 is 0 Å². The monoisotopic (exact) mass is 275 g/mol. The fourth-order valence-corrected chi connectivity index (χ4v) is 2.66. The first-order valence-corrected chi connectivity index (χ1v) is 7.14. The van der Waals surface area contributed by atoms with Crippen molar-refractivity contribution in [2.24, 2.45) is 0 Å². The van der Waals surface area contributed by atoms with Crippen LogP contribution in [-0.2, 0) is 13.1 Å². The van der Waals surface area contributed by atoms with E-state index >= 15 is 0 Å². The van der Waals surface area contributed by atoms with Crippen molar-refractivity contribution in [3.63, 3.8) is 0 Å². The number of carbonyl (C=O) groups is 1. The van der Waals surface area contributed by atoms with Gasteiger partial charge in [0.2, 0.25) is 0 Å². The molecule has 0 bridgehead atoms. The van der Waals surface area contributed by atoms with Crippen LogP contribution in [0.5, 0.6) is 0 Å². The van der Waals surface area contributed by atoms with Crippen molar-refractivity contribution in [1.29, 1.82) is 0 Å². The molecular formula is C15H17NO2S. The predicted molar refractivity (Wildman–Crippen MR) is 77.5 cm³/mol. The Bertz CT molecular complexity index is 520. The first kappa shape index (κ1) is 13.8. The molecule has 1 N–H and O–H groups in total. The zero-order valence-corrected chi connectivity index (χ0v) is 11.7. The molecule has 0 atom stereocenters. The second-order valence-electron chi connectivity index (χ2n) is 4.38. The Morgan fingerprint density at radius 2 is 1.95 bits per heavy atom. The average Bonchev–Trinajstić information content (AvgIpc) is 2.91. The van der Waals surface area contributed by atoms with Crippen LogP contribution >= 0.6 is 11.3 Å². The Balaban J connectivity index is 1.99. The largest absolute Gasteiger partial charge is 0.478 e. The van der Waals surface area contributed by atoms with Gasteiger partial charge in [-0.3, -0.25) is 4.90 Å². The van der Waals surface area contributed by atoms with Crippen molar-refractivity contribution in [3.8, 4) is 0 Å². The minimum absolute atomic E-state index is 0.338. The molecule has 0 unspecified atom stereocenters. The van der Waals surface area contributed by atoms with Gasteiger partial charge in [0.05, 0.1) is 5.56 Å². The summed E-state index contributed by atoms with van der Waals surface area (Å²) in [4.78, 5) is 14.5. The standard InChI is InChI=1S/C15H17NO2S/c1-2-16(11-14-4-3-9-19-14)10-12-5-7-13(8-6-12)15(17)18/h3-9H,2,10-11H2,1H3,(H,17,18). The van der Waals surface area contributed by atoms with Gasteiger partial charge in [-0.2, -0.15) is 0 Å². The SMILES string of the molecule is CCN(Cc1ccc(C(=O)O)cc1)Cc1cccs1. The van der Waals surface area contributed by atoms with E-state index in [0.717, 1.165) is 25.2 Å². The maximum atomic E-state index is 10.8. The Hall–Kier alpha value is -1.65. The molecule has 19 heavy (non-hydrogen) atoms. The van der Waals surface area contributed by atoms with Gasteiger partial charge in [-0.25, -0.2) is 4.79 Å². The lowest BCUT2D eigenvalue weighted by atomic mass is 10.1. The number of hydrogen-bond acceptors (Lipinski definition) is 3. The molecule has 0 amide bonds. The molecule has 1 aromatic heterocycles. The summed E-state index contributed by atoms with van der Waals surface area (Å²) < 4.78 is 0. The van der Waals surface area contributed by atoms with E-state index in [1.165, 1.54) is 4.88 Å². The number of benzene rings is 1. The van der Waals surface area contributed by atoms with E-state index in [1.807, 2.05) is 12.1 Å². The van der Waals surface area contributed by atoms with Gasteiger partial charge < -0.3 is 5.11 Å². The zero-order chi connectivity index (χ0) is 13.7. The van der Waals surface area contributed by atoms with Crippen LogP contribution in [0.15, 0.2) is 41.8 Å². The Morgan fingerprint density at radius 3 is 2.47 bits per heavy atom. The number of carboxylic acids is 1. The lowest BCUT2D eigenvalue weighted by molar-refractivity contribution is 0.0697. The van der Waals surface area contributed by atoms with Crippen LogP contribution in [0.25, 0.3) is 0 Å². The zero-order valence-electron chi connectivity index (χ0n) is 10.9. The van der Waals surface area contributed by atoms with Crippen LogP contribution in [0, 0.1) is 0 Å². The van der Waals surface area contributed by atoms with E-state index in [-0.39, 0.29) is 0 Å². The summed E-state index contributed by atoms with van der Waals surface area (Å²) in [6.07, 6.45) is 0. The molecule has 0 radical (unpaired) electrons. The van der Waals surface area contributed by atoms with E-state index in [2.05, 4.69) is 29.3 Å². The van der Waals surface area contributed by atoms with Crippen LogP contribution in [0.4, 0.5) is 0 Å². The summed E-state index contributed by atoms with van der Waals surface area (Å²) in [6, 6.07) is 11.3. The van der Waals surface area contributed by atoms with E-state index in [1.54, 1.807) is 23.5 Å². The summed E-state index contributed by atoms with van der Waals surface area (Å²) in [5.41, 5.74) is 1.48. The van der Waals surface area contributed by atoms with Crippen molar-refractivity contribution in [1.82, 2.24) is 4.90 Å². The molecule has 4 heteroatoms. The molecule has 3 nitrogen and oxygen atoms in total. The third-order valence-corrected chi connectivity index (χ3v) is 3.87. The third-order valence-electron chi connectivity index (χ3n) is 3.01. The molecule has 0 fully saturated rings. The first-order valence-electron chi connectivity index (χ1n) is 6.26.